The van der Waals surface area contributed by atoms with Gasteiger partial charge in [0.1, 0.15) is 0 Å². The quantitative estimate of drug-likeness (QED) is 0.607. The van der Waals surface area contributed by atoms with Gasteiger partial charge in [-0.05, 0) is 25.1 Å². The number of hydrogen-bond acceptors (Lipinski definition) is 8. The van der Waals surface area contributed by atoms with E-state index in [-0.39, 0.29) is 17.3 Å². The summed E-state index contributed by atoms with van der Waals surface area (Å²) in [4.78, 5) is 40.0. The van der Waals surface area contributed by atoms with Crippen molar-refractivity contribution in [1.82, 2.24) is 14.8 Å². The molecular formula is C17H15ClN4O5S. The molecule has 0 atom stereocenters. The second-order valence-electron chi connectivity index (χ2n) is 5.55. The van der Waals surface area contributed by atoms with Crippen molar-refractivity contribution < 1.29 is 23.9 Å². The Balaban J connectivity index is 1.62. The number of aromatic nitrogens is 3. The van der Waals surface area contributed by atoms with E-state index in [0.717, 1.165) is 0 Å². The fourth-order valence-electron chi connectivity index (χ4n) is 2.27. The van der Waals surface area contributed by atoms with Gasteiger partial charge in [0, 0.05) is 13.2 Å². The highest BCUT2D eigenvalue weighted by Gasteiger charge is 2.18. The highest BCUT2D eigenvalue weighted by molar-refractivity contribution is 7.22. The number of ether oxygens (including phenoxy) is 2. The van der Waals surface area contributed by atoms with Crippen molar-refractivity contribution in [2.24, 2.45) is 7.05 Å². The average Bonchev–Trinajstić information content (AvgIpc) is 3.20. The zero-order valence-corrected chi connectivity index (χ0v) is 16.5. The highest BCUT2D eigenvalue weighted by atomic mass is 35.5. The number of nitrogens with zero attached hydrogens (tertiary/aromatic N) is 3. The van der Waals surface area contributed by atoms with Crippen LogP contribution in [0.25, 0.3) is 10.2 Å². The van der Waals surface area contributed by atoms with Crippen LogP contribution in [0.4, 0.5) is 5.13 Å². The van der Waals surface area contributed by atoms with Gasteiger partial charge < -0.3 is 9.47 Å². The lowest BCUT2D eigenvalue weighted by Gasteiger charge is -2.03. The molecule has 2 heterocycles. The molecule has 0 aliphatic carbocycles. The van der Waals surface area contributed by atoms with Gasteiger partial charge >= 0.3 is 11.9 Å². The van der Waals surface area contributed by atoms with Crippen LogP contribution in [0.3, 0.4) is 0 Å². The van der Waals surface area contributed by atoms with Gasteiger partial charge in [-0.15, -0.1) is 0 Å². The molecule has 9 nitrogen and oxygen atoms in total. The smallest absolute Gasteiger partial charge is 0.360 e. The van der Waals surface area contributed by atoms with Crippen LogP contribution in [0, 0.1) is 0 Å². The molecule has 3 rings (SSSR count). The number of hydrogen-bond donors (Lipinski definition) is 1. The number of benzene rings is 1. The fraction of sp³-hybridized carbons (Fsp3) is 0.235. The van der Waals surface area contributed by atoms with Gasteiger partial charge in [-0.3, -0.25) is 14.8 Å². The van der Waals surface area contributed by atoms with Crippen LogP contribution in [-0.2, 0) is 21.3 Å². The molecule has 0 saturated heterocycles. The molecule has 0 bridgehead atoms. The number of nitrogens with one attached hydrogen (secondary N) is 1. The molecule has 0 fully saturated rings. The van der Waals surface area contributed by atoms with Crippen LogP contribution in [0.5, 0.6) is 0 Å². The van der Waals surface area contributed by atoms with Crippen LogP contribution in [-0.4, -0.2) is 45.8 Å². The average molecular weight is 423 g/mol. The van der Waals surface area contributed by atoms with Crippen molar-refractivity contribution >= 4 is 56.1 Å². The molecule has 0 spiro atoms. The predicted molar refractivity (Wildman–Crippen MR) is 103 cm³/mol. The van der Waals surface area contributed by atoms with E-state index in [1.807, 2.05) is 0 Å². The molecule has 0 unspecified atom stereocenters. The summed E-state index contributed by atoms with van der Waals surface area (Å²) in [5.41, 5.74) is 0.950. The van der Waals surface area contributed by atoms with Crippen LogP contribution < -0.4 is 5.32 Å². The van der Waals surface area contributed by atoms with Crippen molar-refractivity contribution in [3.05, 3.63) is 40.7 Å². The zero-order chi connectivity index (χ0) is 20.3. The largest absolute Gasteiger partial charge is 0.462 e. The van der Waals surface area contributed by atoms with Gasteiger partial charge in [-0.1, -0.05) is 22.9 Å². The molecule has 0 aliphatic heterocycles. The van der Waals surface area contributed by atoms with Gasteiger partial charge in [-0.2, -0.15) is 5.10 Å². The Morgan fingerprint density at radius 3 is 2.71 bits per heavy atom. The van der Waals surface area contributed by atoms with Gasteiger partial charge in [0.15, 0.2) is 17.4 Å². The lowest BCUT2D eigenvalue weighted by Crippen LogP contribution is -2.21. The summed E-state index contributed by atoms with van der Waals surface area (Å²) >= 11 is 7.04. The molecule has 3 aromatic rings. The summed E-state index contributed by atoms with van der Waals surface area (Å²) in [7, 11) is 1.61. The van der Waals surface area contributed by atoms with Crippen molar-refractivity contribution in [1.29, 1.82) is 0 Å². The highest BCUT2D eigenvalue weighted by Crippen LogP contribution is 2.27. The Hall–Kier alpha value is -2.98. The summed E-state index contributed by atoms with van der Waals surface area (Å²) in [6.07, 6.45) is 1.45. The second kappa shape index (κ2) is 8.36. The van der Waals surface area contributed by atoms with E-state index in [1.165, 1.54) is 22.2 Å². The minimum absolute atomic E-state index is 0.0663. The van der Waals surface area contributed by atoms with Crippen LogP contribution in [0.15, 0.2) is 24.4 Å². The lowest BCUT2D eigenvalue weighted by atomic mass is 10.2. The number of amides is 1. The first-order valence-corrected chi connectivity index (χ1v) is 9.30. The van der Waals surface area contributed by atoms with Crippen LogP contribution >= 0.6 is 22.9 Å². The van der Waals surface area contributed by atoms with Crippen LogP contribution in [0.1, 0.15) is 27.8 Å². The number of rotatable bonds is 6. The van der Waals surface area contributed by atoms with E-state index in [2.05, 4.69) is 15.4 Å². The number of esters is 2. The number of aryl methyl sites for hydroxylation is 1. The third-order valence-corrected chi connectivity index (χ3v) is 4.67. The molecule has 11 heteroatoms. The first-order chi connectivity index (χ1) is 13.4. The molecule has 1 N–H and O–H groups in total. The Bertz CT molecular complexity index is 1060. The van der Waals surface area contributed by atoms with Crippen molar-refractivity contribution in [2.75, 3.05) is 18.5 Å². The number of carbonyl (C=O) groups is 3. The van der Waals surface area contributed by atoms with Crippen molar-refractivity contribution in [3.8, 4) is 0 Å². The summed E-state index contributed by atoms with van der Waals surface area (Å²) in [6.45, 7) is 1.49. The molecule has 0 saturated carbocycles. The van der Waals surface area contributed by atoms with Gasteiger partial charge in [-0.25, -0.2) is 14.6 Å². The summed E-state index contributed by atoms with van der Waals surface area (Å²) in [6, 6.07) is 4.91. The molecule has 1 amide bonds. The predicted octanol–water partition coefficient (Wildman–Crippen LogP) is 2.66. The van der Waals surface area contributed by atoms with Gasteiger partial charge in [0.2, 0.25) is 0 Å². The fourth-order valence-corrected chi connectivity index (χ4v) is 3.45. The normalized spacial score (nSPS) is 10.7. The minimum atomic E-state index is -0.802. The van der Waals surface area contributed by atoms with Gasteiger partial charge in [0.25, 0.3) is 5.91 Å². The topological polar surface area (TPSA) is 112 Å². The van der Waals surface area contributed by atoms with E-state index in [9.17, 15) is 14.4 Å². The summed E-state index contributed by atoms with van der Waals surface area (Å²) in [5.74, 6) is -1.79. The Kier molecular flexibility index (Phi) is 5.90. The van der Waals surface area contributed by atoms with E-state index >= 15 is 0 Å². The SMILES string of the molecule is CCOC(=O)c1ccc2nc(NC(=O)COC(=O)c3nn(C)cc3Cl)sc2c1. The maximum atomic E-state index is 12.0. The third-order valence-electron chi connectivity index (χ3n) is 3.46. The van der Waals surface area contributed by atoms with Crippen molar-refractivity contribution in [3.63, 3.8) is 0 Å². The molecule has 0 aliphatic rings. The molecule has 28 heavy (non-hydrogen) atoms. The van der Waals surface area contributed by atoms with E-state index < -0.39 is 24.5 Å². The first kappa shape index (κ1) is 19.8. The maximum Gasteiger partial charge on any atom is 0.360 e. The van der Waals surface area contributed by atoms with E-state index in [4.69, 9.17) is 21.1 Å². The number of halogens is 1. The third kappa shape index (κ3) is 4.46. The number of fused-ring (bicyclic) bond motifs is 1. The van der Waals surface area contributed by atoms with Crippen molar-refractivity contribution in [2.45, 2.75) is 6.92 Å². The Labute approximate surface area is 168 Å². The van der Waals surface area contributed by atoms with E-state index in [0.29, 0.717) is 20.9 Å². The number of carbonyl (C=O) groups excluding carboxylic acids is 3. The molecule has 1 aromatic carbocycles. The molecular weight excluding hydrogens is 408 g/mol. The summed E-state index contributed by atoms with van der Waals surface area (Å²) < 4.78 is 11.9. The van der Waals surface area contributed by atoms with Gasteiger partial charge in [0.05, 0.1) is 27.4 Å². The number of anilines is 1. The lowest BCUT2D eigenvalue weighted by molar-refractivity contribution is -0.119. The standard InChI is InChI=1S/C17H15ClN4O5S/c1-3-26-15(24)9-4-5-11-12(6-9)28-17(19-11)20-13(23)8-27-16(25)14-10(18)7-22(2)21-14/h4-7H,3,8H2,1-2H3,(H,19,20,23). The molecule has 146 valence electrons. The first-order valence-electron chi connectivity index (χ1n) is 8.11. The zero-order valence-electron chi connectivity index (χ0n) is 14.9. The van der Waals surface area contributed by atoms with Crippen LogP contribution in [0.2, 0.25) is 5.02 Å². The summed E-state index contributed by atoms with van der Waals surface area (Å²) in [5, 5.41) is 6.86. The van der Waals surface area contributed by atoms with E-state index in [1.54, 1.807) is 32.2 Å². The molecule has 2 aromatic heterocycles. The minimum Gasteiger partial charge on any atom is -0.462 e. The Morgan fingerprint density at radius 1 is 1.25 bits per heavy atom. The molecule has 0 radical (unpaired) electrons. The number of thiazole rings is 1. The maximum absolute atomic E-state index is 12.0. The second-order valence-corrected chi connectivity index (χ2v) is 6.98. The Morgan fingerprint density at radius 2 is 2.04 bits per heavy atom. The monoisotopic (exact) mass is 422 g/mol.